The number of aromatic nitrogens is 2. The van der Waals surface area contributed by atoms with Crippen molar-refractivity contribution < 1.29 is 18.8 Å². The number of hydrogen-bond acceptors (Lipinski definition) is 5. The Balaban J connectivity index is 1.67. The van der Waals surface area contributed by atoms with Crippen molar-refractivity contribution in [3.05, 3.63) is 89.6 Å². The van der Waals surface area contributed by atoms with Gasteiger partial charge in [-0.15, -0.1) is 0 Å². The predicted molar refractivity (Wildman–Crippen MR) is 112 cm³/mol. The molecule has 6 heteroatoms. The maximum absolute atomic E-state index is 14.4. The summed E-state index contributed by atoms with van der Waals surface area (Å²) in [6.45, 7) is 2.41. The molecule has 0 bridgehead atoms. The number of benzene rings is 2. The lowest BCUT2D eigenvalue weighted by Crippen LogP contribution is -2.29. The zero-order chi connectivity index (χ0) is 21.1. The zero-order valence-corrected chi connectivity index (χ0v) is 16.9. The zero-order valence-electron chi connectivity index (χ0n) is 16.9. The number of allylic oxidation sites excluding steroid dienone is 3. The average Bonchev–Trinajstić information content (AvgIpc) is 3.24. The second-order valence-corrected chi connectivity index (χ2v) is 7.68. The predicted octanol–water partition coefficient (Wildman–Crippen LogP) is 4.76. The summed E-state index contributed by atoms with van der Waals surface area (Å²) in [6, 6.07) is 14.7. The van der Waals surface area contributed by atoms with Crippen LogP contribution in [0.4, 0.5) is 4.39 Å². The summed E-state index contributed by atoms with van der Waals surface area (Å²) < 4.78 is 25.3. The van der Waals surface area contributed by atoms with E-state index in [0.29, 0.717) is 18.1 Å². The minimum atomic E-state index is -0.504. The lowest BCUT2D eigenvalue weighted by Gasteiger charge is -2.36. The van der Waals surface area contributed by atoms with Gasteiger partial charge in [-0.25, -0.2) is 4.39 Å². The van der Waals surface area contributed by atoms with Crippen molar-refractivity contribution in [2.24, 2.45) is 5.41 Å². The number of rotatable bonds is 6. The molecule has 0 saturated heterocycles. The van der Waals surface area contributed by atoms with E-state index in [0.717, 1.165) is 5.57 Å². The normalized spacial score (nSPS) is 20.9. The smallest absolute Gasteiger partial charge is 0.257 e. The lowest BCUT2D eigenvalue weighted by molar-refractivity contribution is 0.113. The van der Waals surface area contributed by atoms with Gasteiger partial charge in [0.1, 0.15) is 5.82 Å². The van der Waals surface area contributed by atoms with Crippen LogP contribution in [0.15, 0.2) is 71.3 Å². The Kier molecular flexibility index (Phi) is 5.61. The van der Waals surface area contributed by atoms with E-state index in [-0.39, 0.29) is 29.3 Å². The Morgan fingerprint density at radius 3 is 2.70 bits per heavy atom. The quantitative estimate of drug-likeness (QED) is 0.639. The molecule has 30 heavy (non-hydrogen) atoms. The van der Waals surface area contributed by atoms with Crippen LogP contribution in [-0.2, 0) is 11.3 Å². The van der Waals surface area contributed by atoms with Crippen LogP contribution in [0.25, 0.3) is 17.0 Å². The third-order valence-corrected chi connectivity index (χ3v) is 5.41. The van der Waals surface area contributed by atoms with E-state index in [2.05, 4.69) is 41.3 Å². The molecule has 1 aliphatic carbocycles. The van der Waals surface area contributed by atoms with Gasteiger partial charge < -0.3 is 14.4 Å². The first-order chi connectivity index (χ1) is 14.5. The highest BCUT2D eigenvalue weighted by Gasteiger charge is 2.35. The first-order valence-corrected chi connectivity index (χ1v) is 9.73. The maximum atomic E-state index is 14.4. The van der Waals surface area contributed by atoms with Crippen LogP contribution in [0, 0.1) is 11.2 Å². The van der Waals surface area contributed by atoms with Crippen LogP contribution in [0.1, 0.15) is 29.9 Å². The first-order valence-electron chi connectivity index (χ1n) is 9.73. The van der Waals surface area contributed by atoms with E-state index < -0.39 is 5.82 Å². The number of ether oxygens (including phenoxy) is 1. The van der Waals surface area contributed by atoms with E-state index in [4.69, 9.17) is 14.4 Å². The highest BCUT2D eigenvalue weighted by molar-refractivity contribution is 5.72. The minimum absolute atomic E-state index is 0.133. The SMILES string of the molecule is COCC1(C)C=C(c2nc(-c3ccc(CO)cc3F)no2)C=CC1c1ccccc1. The molecule has 1 aromatic heterocycles. The fourth-order valence-electron chi connectivity index (χ4n) is 3.93. The molecule has 2 atom stereocenters. The molecule has 154 valence electrons. The van der Waals surface area contributed by atoms with Gasteiger partial charge in [0.2, 0.25) is 5.82 Å². The van der Waals surface area contributed by atoms with Crippen LogP contribution in [0.5, 0.6) is 0 Å². The van der Waals surface area contributed by atoms with Gasteiger partial charge in [0.25, 0.3) is 5.89 Å². The standard InChI is InChI=1S/C24H23FN2O3/c1-24(15-29-2)13-18(9-11-20(24)17-6-4-3-5-7-17)23-26-22(27-30-23)19-10-8-16(14-28)12-21(19)25/h3-13,20,28H,14-15H2,1-2H3. The molecule has 0 radical (unpaired) electrons. The van der Waals surface area contributed by atoms with E-state index in [9.17, 15) is 4.39 Å². The molecule has 0 fully saturated rings. The molecule has 0 saturated carbocycles. The average molecular weight is 406 g/mol. The number of hydrogen-bond donors (Lipinski definition) is 1. The number of aliphatic hydroxyl groups is 1. The Morgan fingerprint density at radius 2 is 2.00 bits per heavy atom. The highest BCUT2D eigenvalue weighted by Crippen LogP contribution is 2.44. The molecule has 0 amide bonds. The van der Waals surface area contributed by atoms with Gasteiger partial charge in [0.15, 0.2) is 0 Å². The first kappa shape index (κ1) is 20.2. The van der Waals surface area contributed by atoms with Gasteiger partial charge in [0.05, 0.1) is 18.8 Å². The van der Waals surface area contributed by atoms with E-state index in [1.54, 1.807) is 19.2 Å². The fraction of sp³-hybridized carbons (Fsp3) is 0.250. The van der Waals surface area contributed by atoms with Gasteiger partial charge >= 0.3 is 0 Å². The molecule has 2 unspecified atom stereocenters. The highest BCUT2D eigenvalue weighted by atomic mass is 19.1. The Hall–Kier alpha value is -3.09. The number of nitrogens with zero attached hydrogens (tertiary/aromatic N) is 2. The third-order valence-electron chi connectivity index (χ3n) is 5.41. The molecule has 1 N–H and O–H groups in total. The van der Waals surface area contributed by atoms with Crippen molar-refractivity contribution >= 4 is 5.57 Å². The van der Waals surface area contributed by atoms with Crippen molar-refractivity contribution in [2.75, 3.05) is 13.7 Å². The molecule has 3 aromatic rings. The van der Waals surface area contributed by atoms with Gasteiger partial charge in [-0.1, -0.05) is 66.7 Å². The fourth-order valence-corrected chi connectivity index (χ4v) is 3.93. The molecule has 5 nitrogen and oxygen atoms in total. The van der Waals surface area contributed by atoms with Crippen LogP contribution < -0.4 is 0 Å². The van der Waals surface area contributed by atoms with Crippen molar-refractivity contribution in [2.45, 2.75) is 19.4 Å². The van der Waals surface area contributed by atoms with Gasteiger partial charge in [-0.2, -0.15) is 4.98 Å². The minimum Gasteiger partial charge on any atom is -0.392 e. The number of halogens is 1. The van der Waals surface area contributed by atoms with Gasteiger partial charge in [0, 0.05) is 24.0 Å². The van der Waals surface area contributed by atoms with Crippen LogP contribution in [-0.4, -0.2) is 29.0 Å². The Morgan fingerprint density at radius 1 is 1.20 bits per heavy atom. The van der Waals surface area contributed by atoms with Crippen molar-refractivity contribution in [1.82, 2.24) is 10.1 Å². The molecule has 1 heterocycles. The third kappa shape index (κ3) is 3.84. The molecular formula is C24H23FN2O3. The molecular weight excluding hydrogens is 383 g/mol. The second-order valence-electron chi connectivity index (χ2n) is 7.68. The maximum Gasteiger partial charge on any atom is 0.257 e. The summed E-state index contributed by atoms with van der Waals surface area (Å²) in [5.41, 5.74) is 2.36. The summed E-state index contributed by atoms with van der Waals surface area (Å²) in [7, 11) is 1.68. The largest absolute Gasteiger partial charge is 0.392 e. The number of methoxy groups -OCH3 is 1. The van der Waals surface area contributed by atoms with E-state index in [1.807, 2.05) is 24.3 Å². The Bertz CT molecular complexity index is 1090. The summed E-state index contributed by atoms with van der Waals surface area (Å²) in [6.07, 6.45) is 6.15. The van der Waals surface area contributed by atoms with Gasteiger partial charge in [-0.3, -0.25) is 0 Å². The lowest BCUT2D eigenvalue weighted by atomic mass is 9.70. The molecule has 1 aliphatic rings. The number of aliphatic hydroxyl groups excluding tert-OH is 1. The van der Waals surface area contributed by atoms with Crippen LogP contribution in [0.2, 0.25) is 0 Å². The Labute approximate surface area is 174 Å². The van der Waals surface area contributed by atoms with Crippen molar-refractivity contribution in [1.29, 1.82) is 0 Å². The van der Waals surface area contributed by atoms with Crippen LogP contribution >= 0.6 is 0 Å². The monoisotopic (exact) mass is 406 g/mol. The summed E-state index contributed by atoms with van der Waals surface area (Å²) in [5.74, 6) is 0.115. The van der Waals surface area contributed by atoms with Crippen molar-refractivity contribution in [3.63, 3.8) is 0 Å². The summed E-state index contributed by atoms with van der Waals surface area (Å²) in [4.78, 5) is 4.40. The van der Waals surface area contributed by atoms with E-state index >= 15 is 0 Å². The van der Waals surface area contributed by atoms with Crippen LogP contribution in [0.3, 0.4) is 0 Å². The summed E-state index contributed by atoms with van der Waals surface area (Å²) in [5, 5.41) is 13.1. The molecule has 0 aliphatic heterocycles. The van der Waals surface area contributed by atoms with E-state index in [1.165, 1.54) is 11.6 Å². The molecule has 4 rings (SSSR count). The van der Waals surface area contributed by atoms with Gasteiger partial charge in [-0.05, 0) is 23.3 Å². The summed E-state index contributed by atoms with van der Waals surface area (Å²) >= 11 is 0. The molecule has 0 spiro atoms. The molecule has 2 aromatic carbocycles. The topological polar surface area (TPSA) is 68.4 Å². The second kappa shape index (κ2) is 8.34. The van der Waals surface area contributed by atoms with Crippen molar-refractivity contribution in [3.8, 4) is 11.4 Å².